The molecule has 8 nitrogen and oxygen atoms in total. The van der Waals surface area contributed by atoms with Gasteiger partial charge in [-0.3, -0.25) is 9.69 Å². The molecular formula is C24H25N5O3S. The fourth-order valence-electron chi connectivity index (χ4n) is 3.75. The molecule has 1 amide bonds. The van der Waals surface area contributed by atoms with Gasteiger partial charge >= 0.3 is 0 Å². The second kappa shape index (κ2) is 9.70. The molecule has 1 aliphatic heterocycles. The molecule has 0 bridgehead atoms. The number of nitrogens with one attached hydrogen (secondary N) is 2. The van der Waals surface area contributed by atoms with Crippen LogP contribution in [0.15, 0.2) is 47.8 Å². The van der Waals surface area contributed by atoms with Crippen molar-refractivity contribution in [2.45, 2.75) is 20.1 Å². The molecule has 2 aromatic heterocycles. The normalized spacial score (nSPS) is 14.5. The van der Waals surface area contributed by atoms with Gasteiger partial charge in [-0.05, 0) is 43.3 Å². The Labute approximate surface area is 195 Å². The summed E-state index contributed by atoms with van der Waals surface area (Å²) in [6.07, 6.45) is 0. The number of hydrogen-bond donors (Lipinski definition) is 2. The summed E-state index contributed by atoms with van der Waals surface area (Å²) in [5.74, 6) is 1.35. The van der Waals surface area contributed by atoms with Gasteiger partial charge in [0.2, 0.25) is 0 Å². The largest absolute Gasteiger partial charge is 0.487 e. The van der Waals surface area contributed by atoms with Gasteiger partial charge in [0.15, 0.2) is 0 Å². The molecule has 0 aliphatic carbocycles. The number of aromatic amines is 1. The number of amides is 1. The summed E-state index contributed by atoms with van der Waals surface area (Å²) in [7, 11) is 0. The number of anilines is 1. The van der Waals surface area contributed by atoms with Gasteiger partial charge in [-0.15, -0.1) is 11.3 Å². The number of hydrogen-bond acceptors (Lipinski definition) is 7. The van der Waals surface area contributed by atoms with Crippen molar-refractivity contribution in [2.75, 3.05) is 31.6 Å². The molecule has 4 aromatic rings. The molecule has 1 aliphatic rings. The van der Waals surface area contributed by atoms with Gasteiger partial charge in [0.1, 0.15) is 18.2 Å². The molecule has 33 heavy (non-hydrogen) atoms. The minimum atomic E-state index is -0.197. The van der Waals surface area contributed by atoms with Gasteiger partial charge < -0.3 is 19.8 Å². The molecule has 9 heteroatoms. The molecule has 0 radical (unpaired) electrons. The molecular weight excluding hydrogens is 438 g/mol. The van der Waals surface area contributed by atoms with Crippen molar-refractivity contribution in [3.8, 4) is 5.75 Å². The fourth-order valence-corrected chi connectivity index (χ4v) is 4.35. The van der Waals surface area contributed by atoms with Gasteiger partial charge in [0.05, 0.1) is 41.5 Å². The highest BCUT2D eigenvalue weighted by Gasteiger charge is 2.14. The quantitative estimate of drug-likeness (QED) is 0.431. The third kappa shape index (κ3) is 5.39. The van der Waals surface area contributed by atoms with Gasteiger partial charge in [0.25, 0.3) is 5.91 Å². The highest BCUT2D eigenvalue weighted by atomic mass is 32.1. The van der Waals surface area contributed by atoms with E-state index in [0.29, 0.717) is 23.6 Å². The Morgan fingerprint density at radius 1 is 1.21 bits per heavy atom. The van der Waals surface area contributed by atoms with E-state index >= 15 is 0 Å². The predicted molar refractivity (Wildman–Crippen MR) is 128 cm³/mol. The Kier molecular flexibility index (Phi) is 6.34. The van der Waals surface area contributed by atoms with Crippen LogP contribution >= 0.6 is 11.3 Å². The van der Waals surface area contributed by atoms with E-state index in [0.717, 1.165) is 60.4 Å². The van der Waals surface area contributed by atoms with Crippen molar-refractivity contribution in [2.24, 2.45) is 0 Å². The number of morpholine rings is 1. The first kappa shape index (κ1) is 21.6. The summed E-state index contributed by atoms with van der Waals surface area (Å²) in [6, 6.07) is 12.8. The molecule has 0 spiro atoms. The average molecular weight is 464 g/mol. The molecule has 1 fully saturated rings. The zero-order chi connectivity index (χ0) is 22.6. The van der Waals surface area contributed by atoms with Crippen LogP contribution in [0, 0.1) is 6.92 Å². The van der Waals surface area contributed by atoms with Crippen LogP contribution < -0.4 is 10.1 Å². The minimum absolute atomic E-state index is 0.197. The van der Waals surface area contributed by atoms with Crippen LogP contribution in [0.5, 0.6) is 5.75 Å². The molecule has 1 saturated heterocycles. The number of fused-ring (bicyclic) bond motifs is 1. The van der Waals surface area contributed by atoms with Crippen molar-refractivity contribution in [3.63, 3.8) is 0 Å². The third-order valence-electron chi connectivity index (χ3n) is 5.42. The lowest BCUT2D eigenvalue weighted by molar-refractivity contribution is 0.0332. The molecule has 2 aromatic carbocycles. The van der Waals surface area contributed by atoms with Gasteiger partial charge in [-0.1, -0.05) is 6.07 Å². The maximum absolute atomic E-state index is 12.8. The summed E-state index contributed by atoms with van der Waals surface area (Å²) in [4.78, 5) is 27.6. The van der Waals surface area contributed by atoms with E-state index < -0.39 is 0 Å². The number of carbonyl (C=O) groups is 1. The zero-order valence-corrected chi connectivity index (χ0v) is 19.2. The van der Waals surface area contributed by atoms with E-state index in [4.69, 9.17) is 9.47 Å². The second-order valence-electron chi connectivity index (χ2n) is 7.93. The Morgan fingerprint density at radius 2 is 2.09 bits per heavy atom. The Morgan fingerprint density at radius 3 is 2.91 bits per heavy atom. The summed E-state index contributed by atoms with van der Waals surface area (Å²) in [5.41, 5.74) is 3.89. The summed E-state index contributed by atoms with van der Waals surface area (Å²) < 4.78 is 11.2. The number of H-pyrrole nitrogens is 1. The molecule has 0 atom stereocenters. The van der Waals surface area contributed by atoms with E-state index in [-0.39, 0.29) is 5.91 Å². The number of aryl methyl sites for hydroxylation is 1. The van der Waals surface area contributed by atoms with Crippen LogP contribution in [0.3, 0.4) is 0 Å². The number of aromatic nitrogens is 3. The monoisotopic (exact) mass is 463 g/mol. The molecule has 5 rings (SSSR count). The lowest BCUT2D eigenvalue weighted by Gasteiger charge is -2.25. The highest BCUT2D eigenvalue weighted by molar-refractivity contribution is 7.09. The number of nitrogens with zero attached hydrogens (tertiary/aromatic N) is 3. The van der Waals surface area contributed by atoms with Crippen molar-refractivity contribution in [1.82, 2.24) is 19.9 Å². The number of imidazole rings is 1. The SMILES string of the molecule is Cc1nc(COc2cccc(C(=O)Nc3ccc4nc(CN5CCOCC5)[nH]c4c3)c2)cs1. The number of benzene rings is 2. The van der Waals surface area contributed by atoms with Crippen LogP contribution in [-0.4, -0.2) is 52.1 Å². The molecule has 2 N–H and O–H groups in total. The Hall–Kier alpha value is -3.27. The van der Waals surface area contributed by atoms with Crippen molar-refractivity contribution < 1.29 is 14.3 Å². The van der Waals surface area contributed by atoms with Crippen LogP contribution in [0.2, 0.25) is 0 Å². The number of carbonyl (C=O) groups excluding carboxylic acids is 1. The van der Waals surface area contributed by atoms with E-state index in [1.165, 1.54) is 0 Å². The maximum atomic E-state index is 12.8. The van der Waals surface area contributed by atoms with Crippen LogP contribution in [0.25, 0.3) is 11.0 Å². The molecule has 0 saturated carbocycles. The molecule has 170 valence electrons. The standard InChI is InChI=1S/C24H25N5O3S/c1-16-25-19(15-33-16)14-32-20-4-2-3-17(11-20)24(30)26-18-5-6-21-22(12-18)28-23(27-21)13-29-7-9-31-10-8-29/h2-6,11-12,15H,7-10,13-14H2,1H3,(H,26,30)(H,27,28). The smallest absolute Gasteiger partial charge is 0.255 e. The van der Waals surface area contributed by atoms with E-state index in [2.05, 4.69) is 25.2 Å². The summed E-state index contributed by atoms with van der Waals surface area (Å²) in [5, 5.41) is 5.95. The van der Waals surface area contributed by atoms with Crippen LogP contribution in [0.4, 0.5) is 5.69 Å². The van der Waals surface area contributed by atoms with Crippen LogP contribution in [-0.2, 0) is 17.9 Å². The third-order valence-corrected chi connectivity index (χ3v) is 6.24. The number of rotatable bonds is 7. The summed E-state index contributed by atoms with van der Waals surface area (Å²) >= 11 is 1.59. The van der Waals surface area contributed by atoms with E-state index in [1.54, 1.807) is 23.5 Å². The topological polar surface area (TPSA) is 92.4 Å². The highest BCUT2D eigenvalue weighted by Crippen LogP contribution is 2.21. The first-order valence-electron chi connectivity index (χ1n) is 10.9. The molecule has 0 unspecified atom stereocenters. The van der Waals surface area contributed by atoms with E-state index in [1.807, 2.05) is 42.6 Å². The van der Waals surface area contributed by atoms with Crippen molar-refractivity contribution in [1.29, 1.82) is 0 Å². The van der Waals surface area contributed by atoms with Gasteiger partial charge in [-0.2, -0.15) is 0 Å². The van der Waals surface area contributed by atoms with Gasteiger partial charge in [0, 0.05) is 29.7 Å². The first-order valence-corrected chi connectivity index (χ1v) is 11.7. The first-order chi connectivity index (χ1) is 16.1. The minimum Gasteiger partial charge on any atom is -0.487 e. The Balaban J connectivity index is 1.23. The average Bonchev–Trinajstić information content (AvgIpc) is 3.43. The lowest BCUT2D eigenvalue weighted by atomic mass is 10.2. The number of ether oxygens (including phenoxy) is 2. The Bertz CT molecular complexity index is 1260. The lowest BCUT2D eigenvalue weighted by Crippen LogP contribution is -2.35. The van der Waals surface area contributed by atoms with Crippen molar-refractivity contribution >= 4 is 34.0 Å². The van der Waals surface area contributed by atoms with Crippen LogP contribution in [0.1, 0.15) is 26.9 Å². The van der Waals surface area contributed by atoms with Gasteiger partial charge in [-0.25, -0.2) is 9.97 Å². The number of thiazole rings is 1. The second-order valence-corrected chi connectivity index (χ2v) is 8.99. The van der Waals surface area contributed by atoms with E-state index in [9.17, 15) is 4.79 Å². The zero-order valence-electron chi connectivity index (χ0n) is 18.3. The summed E-state index contributed by atoms with van der Waals surface area (Å²) in [6.45, 7) is 6.42. The van der Waals surface area contributed by atoms with Crippen molar-refractivity contribution in [3.05, 3.63) is 69.9 Å². The molecule has 3 heterocycles. The fraction of sp³-hybridized carbons (Fsp3) is 0.292. The maximum Gasteiger partial charge on any atom is 0.255 e. The predicted octanol–water partition coefficient (Wildman–Crippen LogP) is 3.99.